The van der Waals surface area contributed by atoms with Gasteiger partial charge in [0.2, 0.25) is 11.7 Å². The van der Waals surface area contributed by atoms with Gasteiger partial charge in [-0.2, -0.15) is 0 Å². The van der Waals surface area contributed by atoms with E-state index in [2.05, 4.69) is 56.0 Å². The van der Waals surface area contributed by atoms with Crippen molar-refractivity contribution in [2.24, 2.45) is 0 Å². The molecule has 0 amide bonds. The third-order valence-corrected chi connectivity index (χ3v) is 5.29. The number of nitrogens with zero attached hydrogens (tertiary/aromatic N) is 3. The van der Waals surface area contributed by atoms with Gasteiger partial charge in [-0.05, 0) is 48.8 Å². The molecule has 0 saturated heterocycles. The molecule has 2 aromatic carbocycles. The molecule has 35 heavy (non-hydrogen) atoms. The maximum Gasteiger partial charge on any atom is 0.512 e. The predicted molar refractivity (Wildman–Crippen MR) is 130 cm³/mol. The second kappa shape index (κ2) is 10.8. The van der Waals surface area contributed by atoms with Crippen molar-refractivity contribution in [3.8, 4) is 28.5 Å². The normalized spacial score (nSPS) is 10.9. The van der Waals surface area contributed by atoms with E-state index in [0.29, 0.717) is 12.1 Å². The molecule has 0 aliphatic rings. The summed E-state index contributed by atoms with van der Waals surface area (Å²) in [4.78, 5) is 33.5. The Labute approximate surface area is 202 Å². The fourth-order valence-electron chi connectivity index (χ4n) is 3.62. The number of carbonyl (C=O) groups is 2. The van der Waals surface area contributed by atoms with Crippen LogP contribution in [-0.4, -0.2) is 46.0 Å². The van der Waals surface area contributed by atoms with E-state index in [1.807, 2.05) is 26.2 Å². The molecule has 8 heteroatoms. The van der Waals surface area contributed by atoms with Crippen LogP contribution in [0.5, 0.6) is 5.88 Å². The Morgan fingerprint density at radius 2 is 1.60 bits per heavy atom. The number of benzene rings is 2. The smallest absolute Gasteiger partial charge is 0.449 e. The summed E-state index contributed by atoms with van der Waals surface area (Å²) in [5.74, 6) is -0.0760. The van der Waals surface area contributed by atoms with E-state index in [4.69, 9.17) is 9.52 Å². The summed E-state index contributed by atoms with van der Waals surface area (Å²) in [7, 11) is 4.10. The van der Waals surface area contributed by atoms with E-state index in [-0.39, 0.29) is 29.7 Å². The van der Waals surface area contributed by atoms with E-state index in [1.165, 1.54) is 17.8 Å². The Bertz CT molecular complexity index is 1310. The highest BCUT2D eigenvalue weighted by Gasteiger charge is 2.16. The van der Waals surface area contributed by atoms with E-state index in [0.717, 1.165) is 23.2 Å². The van der Waals surface area contributed by atoms with Crippen molar-refractivity contribution in [3.63, 3.8) is 0 Å². The lowest BCUT2D eigenvalue weighted by molar-refractivity contribution is 0.0950. The molecular weight excluding hydrogens is 446 g/mol. The van der Waals surface area contributed by atoms with Gasteiger partial charge in [0, 0.05) is 19.0 Å². The first-order chi connectivity index (χ1) is 16.9. The summed E-state index contributed by atoms with van der Waals surface area (Å²) < 4.78 is 10.1. The molecule has 2 heterocycles. The number of aryl methyl sites for hydroxylation is 1. The maximum atomic E-state index is 12.6. The van der Waals surface area contributed by atoms with Gasteiger partial charge >= 0.3 is 6.16 Å². The first-order valence-electron chi connectivity index (χ1n) is 11.1. The lowest BCUT2D eigenvalue weighted by atomic mass is 10.0. The van der Waals surface area contributed by atoms with Crippen LogP contribution in [0.4, 0.5) is 4.79 Å². The first kappa shape index (κ1) is 23.8. The van der Waals surface area contributed by atoms with Gasteiger partial charge in [-0.1, -0.05) is 54.6 Å². The van der Waals surface area contributed by atoms with Gasteiger partial charge in [-0.25, -0.2) is 14.8 Å². The number of hydrogen-bond acceptors (Lipinski definition) is 7. The fraction of sp³-hybridized carbons (Fsp3) is 0.185. The lowest BCUT2D eigenvalue weighted by Gasteiger charge is -2.10. The minimum Gasteiger partial charge on any atom is -0.449 e. The molecule has 0 aliphatic carbocycles. The van der Waals surface area contributed by atoms with Gasteiger partial charge in [-0.15, -0.1) is 0 Å². The fourth-order valence-corrected chi connectivity index (χ4v) is 3.62. The quantitative estimate of drug-likeness (QED) is 0.258. The summed E-state index contributed by atoms with van der Waals surface area (Å²) in [6, 6.07) is 21.3. The molecule has 0 unspecified atom stereocenters. The van der Waals surface area contributed by atoms with Crippen molar-refractivity contribution in [1.82, 2.24) is 14.9 Å². The van der Waals surface area contributed by atoms with E-state index in [1.54, 1.807) is 12.1 Å². The van der Waals surface area contributed by atoms with Crippen molar-refractivity contribution >= 4 is 11.9 Å². The average molecular weight is 472 g/mol. The number of rotatable bonds is 9. The zero-order valence-corrected chi connectivity index (χ0v) is 19.5. The van der Waals surface area contributed by atoms with Gasteiger partial charge in [0.05, 0.1) is 6.20 Å². The second-order valence-electron chi connectivity index (χ2n) is 8.31. The van der Waals surface area contributed by atoms with E-state index >= 15 is 0 Å². The van der Waals surface area contributed by atoms with Gasteiger partial charge in [0.15, 0.2) is 5.76 Å². The van der Waals surface area contributed by atoms with Crippen molar-refractivity contribution in [2.45, 2.75) is 19.4 Å². The molecule has 0 aliphatic heterocycles. The van der Waals surface area contributed by atoms with Crippen LogP contribution in [0, 0.1) is 0 Å². The summed E-state index contributed by atoms with van der Waals surface area (Å²) >= 11 is 0. The molecule has 1 N–H and O–H groups in total. The Morgan fingerprint density at radius 1 is 0.943 bits per heavy atom. The van der Waals surface area contributed by atoms with E-state index < -0.39 is 6.16 Å². The van der Waals surface area contributed by atoms with Gasteiger partial charge in [0.25, 0.3) is 5.89 Å². The highest BCUT2D eigenvalue weighted by atomic mass is 16.7. The predicted octanol–water partition coefficient (Wildman–Crippen LogP) is 5.34. The van der Waals surface area contributed by atoms with Gasteiger partial charge in [-0.3, -0.25) is 4.79 Å². The molecule has 178 valence electrons. The minimum atomic E-state index is -1.46. The van der Waals surface area contributed by atoms with Crippen molar-refractivity contribution in [1.29, 1.82) is 0 Å². The molecule has 2 aromatic heterocycles. The maximum absolute atomic E-state index is 12.6. The molecule has 8 nitrogen and oxygen atoms in total. The summed E-state index contributed by atoms with van der Waals surface area (Å²) in [6.07, 6.45) is 0.722. The van der Waals surface area contributed by atoms with Gasteiger partial charge in [0.1, 0.15) is 5.69 Å². The largest absolute Gasteiger partial charge is 0.512 e. The zero-order chi connectivity index (χ0) is 24.8. The standard InChI is InChI=1S/C27H25N3O5/c1-30(2)17-19-8-13-21(14-9-19)20-11-6-18(7-12-20)10-15-23(31)26-28-16-24(34-26)22-4-3-5-25(29-22)35-27(32)33/h3-9,11-14,16H,10,15,17H2,1-2H3,(H,32,33). The Hall–Kier alpha value is -4.30. The molecule has 0 radical (unpaired) electrons. The monoisotopic (exact) mass is 471 g/mol. The number of carbonyl (C=O) groups excluding carboxylic acids is 1. The van der Waals surface area contributed by atoms with Crippen LogP contribution in [0.15, 0.2) is 77.3 Å². The summed E-state index contributed by atoms with van der Waals surface area (Å²) in [6.45, 7) is 0.904. The Balaban J connectivity index is 1.35. The van der Waals surface area contributed by atoms with Crippen molar-refractivity contribution < 1.29 is 23.8 Å². The molecule has 4 aromatic rings. The van der Waals surface area contributed by atoms with Gasteiger partial charge < -0.3 is 19.2 Å². The SMILES string of the molecule is CN(C)Cc1ccc(-c2ccc(CCC(=O)c3ncc(-c4cccc(OC(=O)O)n4)o3)cc2)cc1. The van der Waals surface area contributed by atoms with Crippen LogP contribution in [0.2, 0.25) is 0 Å². The zero-order valence-electron chi connectivity index (χ0n) is 19.5. The number of oxazole rings is 1. The number of pyridine rings is 1. The topological polar surface area (TPSA) is 106 Å². The molecular formula is C27H25N3O5. The summed E-state index contributed by atoms with van der Waals surface area (Å²) in [5.41, 5.74) is 4.89. The average Bonchev–Trinajstić information content (AvgIpc) is 3.33. The number of aromatic nitrogens is 2. The van der Waals surface area contributed by atoms with Crippen LogP contribution < -0.4 is 4.74 Å². The lowest BCUT2D eigenvalue weighted by Crippen LogP contribution is -2.10. The van der Waals surface area contributed by atoms with Crippen LogP contribution >= 0.6 is 0 Å². The van der Waals surface area contributed by atoms with E-state index in [9.17, 15) is 9.59 Å². The highest BCUT2D eigenvalue weighted by Crippen LogP contribution is 2.23. The second-order valence-corrected chi connectivity index (χ2v) is 8.31. The van der Waals surface area contributed by atoms with Crippen LogP contribution in [-0.2, 0) is 13.0 Å². The Kier molecular flexibility index (Phi) is 7.32. The third-order valence-electron chi connectivity index (χ3n) is 5.29. The molecule has 0 fully saturated rings. The van der Waals surface area contributed by atoms with Crippen molar-refractivity contribution in [2.75, 3.05) is 14.1 Å². The van der Waals surface area contributed by atoms with Crippen molar-refractivity contribution in [3.05, 3.63) is 89.9 Å². The number of ether oxygens (including phenoxy) is 1. The molecule has 0 spiro atoms. The number of hydrogen-bond donors (Lipinski definition) is 1. The van der Waals surface area contributed by atoms with Crippen LogP contribution in [0.3, 0.4) is 0 Å². The minimum absolute atomic E-state index is 0.0132. The third kappa shape index (κ3) is 6.39. The molecule has 0 atom stereocenters. The summed E-state index contributed by atoms with van der Waals surface area (Å²) in [5, 5.41) is 8.72. The molecule has 0 bridgehead atoms. The highest BCUT2D eigenvalue weighted by molar-refractivity contribution is 5.92. The number of Topliss-reactive ketones (excluding diaryl/α,β-unsaturated/α-hetero) is 1. The van der Waals surface area contributed by atoms with Crippen LogP contribution in [0.25, 0.3) is 22.6 Å². The molecule has 4 rings (SSSR count). The first-order valence-corrected chi connectivity index (χ1v) is 11.1. The van der Waals surface area contributed by atoms with Crippen LogP contribution in [0.1, 0.15) is 28.2 Å². The Morgan fingerprint density at radius 3 is 2.23 bits per heavy atom. The molecule has 0 saturated carbocycles. The number of ketones is 1. The number of carboxylic acid groups (broad SMARTS) is 1.